The summed E-state index contributed by atoms with van der Waals surface area (Å²) in [6.07, 6.45) is 2.22. The van der Waals surface area contributed by atoms with Crippen molar-refractivity contribution < 1.29 is 14.4 Å². The van der Waals surface area contributed by atoms with Crippen molar-refractivity contribution in [1.29, 1.82) is 0 Å². The van der Waals surface area contributed by atoms with Crippen LogP contribution in [0.3, 0.4) is 0 Å². The largest absolute Gasteiger partial charge is 0.350 e. The summed E-state index contributed by atoms with van der Waals surface area (Å²) in [5.74, 6) is -0.757. The summed E-state index contributed by atoms with van der Waals surface area (Å²) in [5.41, 5.74) is 1.69. The van der Waals surface area contributed by atoms with Crippen molar-refractivity contribution in [3.8, 4) is 0 Å². The fraction of sp³-hybridized carbons (Fsp3) is 0.286. The molecule has 0 aromatic heterocycles. The van der Waals surface area contributed by atoms with E-state index in [1.807, 2.05) is 30.3 Å². The van der Waals surface area contributed by atoms with E-state index >= 15 is 0 Å². The summed E-state index contributed by atoms with van der Waals surface area (Å²) in [6.45, 7) is -0.0355. The van der Waals surface area contributed by atoms with Gasteiger partial charge in [-0.25, -0.2) is 4.79 Å². The van der Waals surface area contributed by atoms with Crippen molar-refractivity contribution in [1.82, 2.24) is 15.5 Å². The highest BCUT2D eigenvalue weighted by Crippen LogP contribution is 2.39. The zero-order valence-corrected chi connectivity index (χ0v) is 16.0. The Kier molecular flexibility index (Phi) is 4.81. The maximum Gasteiger partial charge on any atom is 0.325 e. The summed E-state index contributed by atoms with van der Waals surface area (Å²) >= 11 is 5.94. The van der Waals surface area contributed by atoms with E-state index in [-0.39, 0.29) is 19.0 Å². The van der Waals surface area contributed by atoms with Gasteiger partial charge in [0.25, 0.3) is 5.91 Å². The van der Waals surface area contributed by atoms with Gasteiger partial charge in [-0.05, 0) is 48.1 Å². The molecule has 2 N–H and O–H groups in total. The minimum Gasteiger partial charge on any atom is -0.350 e. The van der Waals surface area contributed by atoms with Gasteiger partial charge in [-0.3, -0.25) is 14.5 Å². The highest BCUT2D eigenvalue weighted by Gasteiger charge is 2.54. The first-order valence-corrected chi connectivity index (χ1v) is 9.61. The number of rotatable bonds is 4. The normalized spacial score (nSPS) is 20.8. The number of carbonyl (C=O) groups is 3. The number of halogens is 1. The van der Waals surface area contributed by atoms with Crippen molar-refractivity contribution in [3.05, 3.63) is 70.2 Å². The molecular formula is C21H20ClN3O3. The molecule has 1 aliphatic heterocycles. The van der Waals surface area contributed by atoms with Crippen LogP contribution in [0.1, 0.15) is 29.5 Å². The van der Waals surface area contributed by atoms with Gasteiger partial charge >= 0.3 is 6.03 Å². The first kappa shape index (κ1) is 18.5. The molecule has 4 amide bonds. The summed E-state index contributed by atoms with van der Waals surface area (Å²) in [6, 6.07) is 14.3. The lowest BCUT2D eigenvalue weighted by molar-refractivity contribution is -0.135. The number of benzene rings is 2. The Balaban J connectivity index is 1.47. The van der Waals surface area contributed by atoms with Gasteiger partial charge in [-0.1, -0.05) is 48.0 Å². The summed E-state index contributed by atoms with van der Waals surface area (Å²) < 4.78 is 0. The van der Waals surface area contributed by atoms with Crippen molar-refractivity contribution >= 4 is 29.4 Å². The fourth-order valence-electron chi connectivity index (χ4n) is 4.00. The van der Waals surface area contributed by atoms with Crippen molar-refractivity contribution in [2.75, 3.05) is 6.54 Å². The molecule has 0 radical (unpaired) electrons. The molecule has 1 spiro atoms. The molecule has 28 heavy (non-hydrogen) atoms. The Morgan fingerprint density at radius 3 is 2.82 bits per heavy atom. The van der Waals surface area contributed by atoms with Gasteiger partial charge in [0.2, 0.25) is 5.91 Å². The third-order valence-electron chi connectivity index (χ3n) is 5.33. The molecule has 2 aromatic carbocycles. The molecule has 0 unspecified atom stereocenters. The second kappa shape index (κ2) is 7.28. The monoisotopic (exact) mass is 397 g/mol. The number of nitrogens with one attached hydrogen (secondary N) is 2. The van der Waals surface area contributed by atoms with E-state index in [9.17, 15) is 14.4 Å². The minimum atomic E-state index is -1.06. The number of nitrogens with zero attached hydrogens (tertiary/aromatic N) is 1. The second-order valence-electron chi connectivity index (χ2n) is 7.14. The molecule has 6 nitrogen and oxygen atoms in total. The van der Waals surface area contributed by atoms with E-state index in [0.717, 1.165) is 34.4 Å². The van der Waals surface area contributed by atoms with Crippen LogP contribution in [0.2, 0.25) is 5.02 Å². The van der Waals surface area contributed by atoms with Gasteiger partial charge < -0.3 is 10.6 Å². The van der Waals surface area contributed by atoms with Gasteiger partial charge in [-0.15, -0.1) is 0 Å². The molecule has 1 aliphatic carbocycles. The maximum atomic E-state index is 13.2. The van der Waals surface area contributed by atoms with Gasteiger partial charge in [0, 0.05) is 11.6 Å². The van der Waals surface area contributed by atoms with E-state index < -0.39 is 17.5 Å². The third kappa shape index (κ3) is 3.24. The number of aryl methyl sites for hydroxylation is 1. The zero-order chi connectivity index (χ0) is 19.7. The zero-order valence-electron chi connectivity index (χ0n) is 15.2. The quantitative estimate of drug-likeness (QED) is 0.778. The van der Waals surface area contributed by atoms with Crippen LogP contribution in [-0.2, 0) is 28.1 Å². The van der Waals surface area contributed by atoms with Crippen LogP contribution >= 0.6 is 11.6 Å². The van der Waals surface area contributed by atoms with E-state index in [2.05, 4.69) is 10.6 Å². The predicted octanol–water partition coefficient (Wildman–Crippen LogP) is 2.74. The molecule has 1 fully saturated rings. The summed E-state index contributed by atoms with van der Waals surface area (Å²) in [7, 11) is 0. The number of urea groups is 1. The lowest BCUT2D eigenvalue weighted by Crippen LogP contribution is -2.47. The van der Waals surface area contributed by atoms with Crippen LogP contribution in [0.4, 0.5) is 4.79 Å². The Morgan fingerprint density at radius 1 is 1.18 bits per heavy atom. The van der Waals surface area contributed by atoms with Crippen LogP contribution in [0, 0.1) is 0 Å². The van der Waals surface area contributed by atoms with Gasteiger partial charge in [0.1, 0.15) is 12.1 Å². The second-order valence-corrected chi connectivity index (χ2v) is 7.58. The molecule has 2 aliphatic rings. The molecule has 1 heterocycles. The number of amides is 4. The Labute approximate surface area is 167 Å². The molecule has 0 bridgehead atoms. The average molecular weight is 398 g/mol. The fourth-order valence-corrected chi connectivity index (χ4v) is 4.21. The van der Waals surface area contributed by atoms with Crippen molar-refractivity contribution in [2.45, 2.75) is 31.3 Å². The summed E-state index contributed by atoms with van der Waals surface area (Å²) in [5, 5.41) is 6.17. The molecular weight excluding hydrogens is 378 g/mol. The van der Waals surface area contributed by atoms with Crippen LogP contribution in [0.25, 0.3) is 0 Å². The number of fused-ring (bicyclic) bond motifs is 2. The molecule has 0 saturated carbocycles. The Bertz CT molecular complexity index is 961. The van der Waals surface area contributed by atoms with Crippen LogP contribution in [-0.4, -0.2) is 29.3 Å². The van der Waals surface area contributed by atoms with E-state index in [0.29, 0.717) is 11.4 Å². The maximum absolute atomic E-state index is 13.2. The molecule has 4 rings (SSSR count). The Morgan fingerprint density at radius 2 is 2.00 bits per heavy atom. The van der Waals surface area contributed by atoms with E-state index in [1.54, 1.807) is 18.2 Å². The lowest BCUT2D eigenvalue weighted by Gasteiger charge is -2.33. The lowest BCUT2D eigenvalue weighted by atomic mass is 9.76. The standard InChI is InChI=1S/C21H20ClN3O3/c22-16-8-3-5-14(11-16)12-23-18(26)13-25-19(27)21(24-20(25)28)10-4-7-15-6-1-2-9-17(15)21/h1-3,5-6,8-9,11H,4,7,10,12-13H2,(H,23,26)(H,24,28)/t21-/m0/s1. The number of carbonyl (C=O) groups excluding carboxylic acids is 3. The topological polar surface area (TPSA) is 78.5 Å². The predicted molar refractivity (Wildman–Crippen MR) is 105 cm³/mol. The van der Waals surface area contributed by atoms with Crippen LogP contribution < -0.4 is 10.6 Å². The summed E-state index contributed by atoms with van der Waals surface area (Å²) in [4.78, 5) is 39.0. The SMILES string of the molecule is O=C(CN1C(=O)N[C@]2(CCCc3ccccc32)C1=O)NCc1cccc(Cl)c1. The molecule has 7 heteroatoms. The highest BCUT2D eigenvalue weighted by atomic mass is 35.5. The van der Waals surface area contributed by atoms with E-state index in [4.69, 9.17) is 11.6 Å². The number of imide groups is 1. The first-order chi connectivity index (χ1) is 13.5. The molecule has 1 saturated heterocycles. The third-order valence-corrected chi connectivity index (χ3v) is 5.57. The van der Waals surface area contributed by atoms with Crippen LogP contribution in [0.5, 0.6) is 0 Å². The van der Waals surface area contributed by atoms with Gasteiger partial charge in [-0.2, -0.15) is 0 Å². The molecule has 1 atom stereocenters. The average Bonchev–Trinajstić information content (AvgIpc) is 2.92. The van der Waals surface area contributed by atoms with E-state index in [1.165, 1.54) is 0 Å². The minimum absolute atomic E-state index is 0.275. The van der Waals surface area contributed by atoms with Gasteiger partial charge in [0.15, 0.2) is 0 Å². The van der Waals surface area contributed by atoms with Crippen LogP contribution in [0.15, 0.2) is 48.5 Å². The first-order valence-electron chi connectivity index (χ1n) is 9.23. The molecule has 144 valence electrons. The van der Waals surface area contributed by atoms with Crippen molar-refractivity contribution in [3.63, 3.8) is 0 Å². The van der Waals surface area contributed by atoms with Gasteiger partial charge in [0.05, 0.1) is 0 Å². The molecule has 2 aromatic rings. The Hall–Kier alpha value is -2.86. The number of hydrogen-bond donors (Lipinski definition) is 2. The highest BCUT2D eigenvalue weighted by molar-refractivity contribution is 6.30. The number of hydrogen-bond acceptors (Lipinski definition) is 3. The van der Waals surface area contributed by atoms with Crippen molar-refractivity contribution in [2.24, 2.45) is 0 Å². The smallest absolute Gasteiger partial charge is 0.325 e.